The van der Waals surface area contributed by atoms with Gasteiger partial charge in [-0.2, -0.15) is 4.98 Å². The summed E-state index contributed by atoms with van der Waals surface area (Å²) in [6.07, 6.45) is 1.32. The Morgan fingerprint density at radius 2 is 1.93 bits per heavy atom. The Morgan fingerprint density at radius 3 is 2.79 bits per heavy atom. The third-order valence-electron chi connectivity index (χ3n) is 4.20. The highest BCUT2D eigenvalue weighted by Crippen LogP contribution is 2.27. The summed E-state index contributed by atoms with van der Waals surface area (Å²) in [7, 11) is 1.55. The molecule has 0 fully saturated rings. The number of hydrogen-bond donors (Lipinski definition) is 0. The van der Waals surface area contributed by atoms with Crippen LogP contribution >= 0.6 is 0 Å². The van der Waals surface area contributed by atoms with Gasteiger partial charge in [-0.3, -0.25) is 14.2 Å². The molecule has 0 aliphatic heterocycles. The largest absolute Gasteiger partial charge is 0.496 e. The maximum Gasteiger partial charge on any atom is 0.326 e. The summed E-state index contributed by atoms with van der Waals surface area (Å²) in [5, 5.41) is 4.31. The highest BCUT2D eigenvalue weighted by Gasteiger charge is 2.15. The Balaban J connectivity index is 1.43. The lowest BCUT2D eigenvalue weighted by molar-refractivity contribution is -0.146. The van der Waals surface area contributed by atoms with E-state index < -0.39 is 5.97 Å². The Bertz CT molecular complexity index is 1230. The van der Waals surface area contributed by atoms with Gasteiger partial charge in [-0.15, -0.1) is 0 Å². The number of methoxy groups -OCH3 is 1. The molecular formula is C20H16N4O5. The molecule has 0 unspecified atom stereocenters. The number of fused-ring (bicyclic) bond motifs is 1. The van der Waals surface area contributed by atoms with Crippen molar-refractivity contribution < 1.29 is 18.8 Å². The minimum Gasteiger partial charge on any atom is -0.496 e. The fraction of sp³-hybridized carbons (Fsp3) is 0.150. The minimum atomic E-state index is -0.624. The average Bonchev–Trinajstić information content (AvgIpc) is 3.23. The number of carbonyl (C=O) groups is 1. The van der Waals surface area contributed by atoms with Crippen LogP contribution in [-0.4, -0.2) is 32.8 Å². The SMILES string of the molecule is COc1ccccc1-c1noc(COC(=O)Cn2cnc3ccccc3c2=O)n1. The molecule has 0 aliphatic carbocycles. The van der Waals surface area contributed by atoms with Crippen molar-refractivity contribution in [1.82, 2.24) is 19.7 Å². The van der Waals surface area contributed by atoms with E-state index in [1.165, 1.54) is 10.9 Å². The van der Waals surface area contributed by atoms with Crippen LogP contribution in [0.1, 0.15) is 5.89 Å². The van der Waals surface area contributed by atoms with Crippen LogP contribution in [0.25, 0.3) is 22.3 Å². The van der Waals surface area contributed by atoms with E-state index in [-0.39, 0.29) is 24.6 Å². The molecule has 0 aliphatic rings. The van der Waals surface area contributed by atoms with E-state index in [2.05, 4.69) is 15.1 Å². The minimum absolute atomic E-state index is 0.128. The molecule has 4 rings (SSSR count). The van der Waals surface area contributed by atoms with E-state index in [1.807, 2.05) is 12.1 Å². The second-order valence-electron chi connectivity index (χ2n) is 6.07. The molecule has 146 valence electrons. The van der Waals surface area contributed by atoms with Gasteiger partial charge in [0, 0.05) is 0 Å². The molecule has 2 aromatic heterocycles. The predicted molar refractivity (Wildman–Crippen MR) is 102 cm³/mol. The molecule has 0 bridgehead atoms. The molecule has 2 aromatic carbocycles. The van der Waals surface area contributed by atoms with Gasteiger partial charge in [0.2, 0.25) is 5.82 Å². The maximum atomic E-state index is 12.4. The van der Waals surface area contributed by atoms with Crippen LogP contribution in [-0.2, 0) is 22.7 Å². The van der Waals surface area contributed by atoms with Gasteiger partial charge >= 0.3 is 5.97 Å². The Kier molecular flexibility index (Phi) is 5.02. The summed E-state index contributed by atoms with van der Waals surface area (Å²) in [6, 6.07) is 14.1. The quantitative estimate of drug-likeness (QED) is 0.459. The normalized spacial score (nSPS) is 10.8. The van der Waals surface area contributed by atoms with Crippen molar-refractivity contribution in [1.29, 1.82) is 0 Å². The summed E-state index contributed by atoms with van der Waals surface area (Å²) in [5.41, 5.74) is 0.908. The zero-order chi connectivity index (χ0) is 20.2. The van der Waals surface area contributed by atoms with Crippen molar-refractivity contribution >= 4 is 16.9 Å². The summed E-state index contributed by atoms with van der Waals surface area (Å²) in [4.78, 5) is 32.9. The zero-order valence-corrected chi connectivity index (χ0v) is 15.4. The number of benzene rings is 2. The number of aromatic nitrogens is 4. The number of esters is 1. The number of para-hydroxylation sites is 2. The summed E-state index contributed by atoms with van der Waals surface area (Å²) < 4.78 is 16.7. The fourth-order valence-electron chi connectivity index (χ4n) is 2.80. The Morgan fingerprint density at radius 1 is 1.14 bits per heavy atom. The lowest BCUT2D eigenvalue weighted by Crippen LogP contribution is -2.25. The standard InChI is InChI=1S/C20H16N4O5/c1-27-16-9-5-3-7-14(16)19-22-17(29-23-19)11-28-18(25)10-24-12-21-15-8-4-2-6-13(15)20(24)26/h2-9,12H,10-11H2,1H3. The van der Waals surface area contributed by atoms with Crippen LogP contribution in [0.4, 0.5) is 0 Å². The summed E-state index contributed by atoms with van der Waals surface area (Å²) in [6.45, 7) is -0.485. The van der Waals surface area contributed by atoms with Crippen LogP contribution < -0.4 is 10.3 Å². The van der Waals surface area contributed by atoms with Crippen molar-refractivity contribution in [2.45, 2.75) is 13.2 Å². The number of ether oxygens (including phenoxy) is 2. The van der Waals surface area contributed by atoms with E-state index in [9.17, 15) is 9.59 Å². The van der Waals surface area contributed by atoms with Crippen LogP contribution in [0.3, 0.4) is 0 Å². The molecule has 0 spiro atoms. The van der Waals surface area contributed by atoms with Gasteiger partial charge in [0.15, 0.2) is 6.61 Å². The van der Waals surface area contributed by atoms with Crippen molar-refractivity contribution in [3.05, 3.63) is 71.1 Å². The molecule has 0 N–H and O–H groups in total. The molecule has 0 amide bonds. The average molecular weight is 392 g/mol. The van der Waals surface area contributed by atoms with Crippen LogP contribution in [0.2, 0.25) is 0 Å². The molecule has 0 saturated heterocycles. The molecule has 0 saturated carbocycles. The monoisotopic (exact) mass is 392 g/mol. The highest BCUT2D eigenvalue weighted by atomic mass is 16.6. The van der Waals surface area contributed by atoms with Gasteiger partial charge in [0.05, 0.1) is 29.9 Å². The van der Waals surface area contributed by atoms with Gasteiger partial charge in [-0.25, -0.2) is 4.98 Å². The summed E-state index contributed by atoms with van der Waals surface area (Å²) in [5.74, 6) is 0.424. The maximum absolute atomic E-state index is 12.4. The first-order chi connectivity index (χ1) is 14.2. The summed E-state index contributed by atoms with van der Waals surface area (Å²) >= 11 is 0. The first-order valence-corrected chi connectivity index (χ1v) is 8.71. The van der Waals surface area contributed by atoms with Gasteiger partial charge < -0.3 is 14.0 Å². The molecule has 4 aromatic rings. The number of rotatable bonds is 6. The van der Waals surface area contributed by atoms with Gasteiger partial charge in [-0.1, -0.05) is 29.4 Å². The van der Waals surface area contributed by atoms with E-state index in [0.29, 0.717) is 28.0 Å². The van der Waals surface area contributed by atoms with E-state index in [4.69, 9.17) is 14.0 Å². The van der Waals surface area contributed by atoms with Crippen LogP contribution in [0, 0.1) is 0 Å². The topological polar surface area (TPSA) is 109 Å². The molecule has 0 radical (unpaired) electrons. The van der Waals surface area contributed by atoms with Crippen molar-refractivity contribution in [2.75, 3.05) is 7.11 Å². The fourth-order valence-corrected chi connectivity index (χ4v) is 2.80. The van der Waals surface area contributed by atoms with E-state index >= 15 is 0 Å². The smallest absolute Gasteiger partial charge is 0.326 e. The third kappa shape index (κ3) is 3.84. The van der Waals surface area contributed by atoms with Crippen LogP contribution in [0.5, 0.6) is 5.75 Å². The molecule has 9 nitrogen and oxygen atoms in total. The molecule has 2 heterocycles. The van der Waals surface area contributed by atoms with E-state index in [0.717, 1.165) is 0 Å². The Labute approximate surface area is 164 Å². The third-order valence-corrected chi connectivity index (χ3v) is 4.20. The van der Waals surface area contributed by atoms with Crippen molar-refractivity contribution in [3.63, 3.8) is 0 Å². The number of carbonyl (C=O) groups excluding carboxylic acids is 1. The molecule has 9 heteroatoms. The first-order valence-electron chi connectivity index (χ1n) is 8.71. The lowest BCUT2D eigenvalue weighted by Gasteiger charge is -2.06. The predicted octanol–water partition coefficient (Wildman–Crippen LogP) is 2.20. The van der Waals surface area contributed by atoms with Crippen molar-refractivity contribution in [3.8, 4) is 17.1 Å². The second kappa shape index (κ2) is 7.93. The van der Waals surface area contributed by atoms with Gasteiger partial charge in [0.1, 0.15) is 12.3 Å². The lowest BCUT2D eigenvalue weighted by atomic mass is 10.2. The zero-order valence-electron chi connectivity index (χ0n) is 15.4. The van der Waals surface area contributed by atoms with Crippen molar-refractivity contribution in [2.24, 2.45) is 0 Å². The highest BCUT2D eigenvalue weighted by molar-refractivity contribution is 5.77. The first kappa shape index (κ1) is 18.4. The second-order valence-corrected chi connectivity index (χ2v) is 6.07. The number of nitrogens with zero attached hydrogens (tertiary/aromatic N) is 4. The molecule has 29 heavy (non-hydrogen) atoms. The van der Waals surface area contributed by atoms with Gasteiger partial charge in [0.25, 0.3) is 11.4 Å². The van der Waals surface area contributed by atoms with Gasteiger partial charge in [-0.05, 0) is 24.3 Å². The van der Waals surface area contributed by atoms with Crippen LogP contribution in [0.15, 0.2) is 64.2 Å². The molecular weight excluding hydrogens is 376 g/mol. The molecule has 0 atom stereocenters. The Hall–Kier alpha value is -4.01. The number of hydrogen-bond acceptors (Lipinski definition) is 8. The van der Waals surface area contributed by atoms with E-state index in [1.54, 1.807) is 43.5 Å².